The van der Waals surface area contributed by atoms with E-state index in [9.17, 15) is 34.6 Å². The van der Waals surface area contributed by atoms with Gasteiger partial charge in [-0.15, -0.1) is 0 Å². The summed E-state index contributed by atoms with van der Waals surface area (Å²) in [4.78, 5) is 66.3. The molecule has 18 heteroatoms. The molecule has 3 rings (SSSR count). The van der Waals surface area contributed by atoms with E-state index in [1.807, 2.05) is 17.7 Å². The molecule has 0 aliphatic rings. The predicted octanol–water partition coefficient (Wildman–Crippen LogP) is 1.37. The molecule has 2 N–H and O–H groups in total. The second-order valence-electron chi connectivity index (χ2n) is 10.2. The first-order chi connectivity index (χ1) is 21.0. The number of carboxylic acid groups (broad SMARTS) is 1. The van der Waals surface area contributed by atoms with Crippen molar-refractivity contribution in [1.82, 2.24) is 14.1 Å². The largest absolute Gasteiger partial charge is 1.00 e. The molecule has 3 heterocycles. The Balaban J connectivity index is -0.000000579. The van der Waals surface area contributed by atoms with E-state index >= 15 is 0 Å². The van der Waals surface area contributed by atoms with Crippen molar-refractivity contribution >= 4 is 86.8 Å². The van der Waals surface area contributed by atoms with Gasteiger partial charge >= 0.3 is 57.4 Å². The number of nitro groups is 2. The number of rotatable bonds is 12. The van der Waals surface area contributed by atoms with Crippen molar-refractivity contribution in [3.63, 3.8) is 0 Å². The zero-order chi connectivity index (χ0) is 34.9. The summed E-state index contributed by atoms with van der Waals surface area (Å²) in [5, 5.41) is 38.1. The van der Waals surface area contributed by atoms with Crippen LogP contribution in [0.5, 0.6) is 0 Å². The molecule has 1 radical (unpaired) electrons. The monoisotopic (exact) mass is 712 g/mol. The van der Waals surface area contributed by atoms with Crippen LogP contribution in [-0.2, 0) is 22.8 Å². The van der Waals surface area contributed by atoms with Gasteiger partial charge in [-0.2, -0.15) is 0 Å². The predicted molar refractivity (Wildman–Crippen MR) is 166 cm³/mol. The minimum absolute atomic E-state index is 0. The smallest absolute Gasteiger partial charge is 0.662 e. The van der Waals surface area contributed by atoms with Crippen molar-refractivity contribution in [3.05, 3.63) is 79.7 Å². The first-order valence-electron chi connectivity index (χ1n) is 13.8. The van der Waals surface area contributed by atoms with E-state index in [1.54, 1.807) is 10.6 Å². The first kappa shape index (κ1) is 49.5. The summed E-state index contributed by atoms with van der Waals surface area (Å²) in [6, 6.07) is 4.26. The first-order valence-corrected chi connectivity index (χ1v) is 13.8. The standard InChI is InChI=1S/C11H16N2O3.C11H17NO2.C6H6N2O3.CH2O3.2K/c1-4-8(2)6-12-7-10(13(15)16)5-11(12)9(3)14;1-4-8(2)6-12-7-9(3)5-10(12)11(13)14;1-4(9)6-2-5(3-7-6)8(10)11;2-1-4-3;;/h5,7-8H,4,6H2,1-3H3;5,7-8H,4,6H2,1-3H3,(H,13,14);2-3,7H,1H3;1,3H;;/q;;;;;+1/p-1. The third kappa shape index (κ3) is 19.1. The number of nitrogens with zero attached hydrogens (tertiary/aromatic N) is 4. The van der Waals surface area contributed by atoms with Crippen LogP contribution in [0, 0.1) is 39.0 Å². The number of nitrogens with one attached hydrogen (secondary N) is 1. The van der Waals surface area contributed by atoms with Gasteiger partial charge in [-0.05, 0) is 30.4 Å². The second-order valence-corrected chi connectivity index (χ2v) is 10.2. The van der Waals surface area contributed by atoms with Crippen molar-refractivity contribution in [2.75, 3.05) is 0 Å². The molecule has 16 nitrogen and oxygen atoms in total. The summed E-state index contributed by atoms with van der Waals surface area (Å²) in [7, 11) is 0. The van der Waals surface area contributed by atoms with Gasteiger partial charge < -0.3 is 29.4 Å². The van der Waals surface area contributed by atoms with Gasteiger partial charge in [0.2, 0.25) is 0 Å². The van der Waals surface area contributed by atoms with Gasteiger partial charge in [0.25, 0.3) is 17.8 Å². The third-order valence-corrected chi connectivity index (χ3v) is 6.41. The van der Waals surface area contributed by atoms with E-state index in [1.165, 1.54) is 38.4 Å². The molecule has 2 unspecified atom stereocenters. The Morgan fingerprint density at radius 3 is 1.70 bits per heavy atom. The van der Waals surface area contributed by atoms with E-state index in [4.69, 9.17) is 15.2 Å². The Kier molecular flexibility index (Phi) is 27.5. The summed E-state index contributed by atoms with van der Waals surface area (Å²) in [6.07, 6.45) is 6.56. The fourth-order valence-corrected chi connectivity index (χ4v) is 3.65. The van der Waals surface area contributed by atoms with Gasteiger partial charge in [-0.25, -0.2) is 4.79 Å². The summed E-state index contributed by atoms with van der Waals surface area (Å²) in [6.45, 7) is 14.3. The molecule has 3 aromatic heterocycles. The number of aromatic carboxylic acids is 1. The molecular formula is C29H40K2N5O11. The van der Waals surface area contributed by atoms with E-state index in [2.05, 4.69) is 37.6 Å². The number of hydrogen-bond donors (Lipinski definition) is 2. The van der Waals surface area contributed by atoms with Gasteiger partial charge in [-0.1, -0.05) is 40.5 Å². The number of aromatic nitrogens is 3. The number of aryl methyl sites for hydroxylation is 1. The molecule has 0 aliphatic heterocycles. The quantitative estimate of drug-likeness (QED) is 0.0680. The number of carbonyl (C=O) groups is 4. The molecule has 0 saturated carbocycles. The molecule has 249 valence electrons. The maximum absolute atomic E-state index is 11.3. The number of aromatic amines is 1. The SMILES string of the molecule is CC(=O)c1cc([N+](=O)[O-])c[nH]1.CCC(C)Cn1cc(C)cc1C(=O)O.CCC(C)Cn1cc([N+](=O)[O-])cc1C(C)=O.O=CO[O-].[K+].[K]. The Morgan fingerprint density at radius 2 is 1.38 bits per heavy atom. The maximum Gasteiger partial charge on any atom is 1.00 e. The van der Waals surface area contributed by atoms with Crippen molar-refractivity contribution < 1.29 is 95.7 Å². The van der Waals surface area contributed by atoms with Crippen LogP contribution in [0.3, 0.4) is 0 Å². The van der Waals surface area contributed by atoms with E-state index in [0.29, 0.717) is 29.8 Å². The van der Waals surface area contributed by atoms with Gasteiger partial charge in [0, 0.05) is 96.7 Å². The molecule has 0 amide bonds. The summed E-state index contributed by atoms with van der Waals surface area (Å²) < 4.78 is 3.50. The van der Waals surface area contributed by atoms with Crippen molar-refractivity contribution in [3.8, 4) is 0 Å². The van der Waals surface area contributed by atoms with Gasteiger partial charge in [-0.3, -0.25) is 34.6 Å². The summed E-state index contributed by atoms with van der Waals surface area (Å²) in [5.41, 5.74) is 1.96. The Morgan fingerprint density at radius 1 is 0.915 bits per heavy atom. The van der Waals surface area contributed by atoms with Crippen LogP contribution in [0.1, 0.15) is 91.4 Å². The molecule has 2 atom stereocenters. The van der Waals surface area contributed by atoms with Crippen LogP contribution in [0.2, 0.25) is 0 Å². The molecule has 0 spiro atoms. The number of hydrogen-bond acceptors (Lipinski definition) is 10. The van der Waals surface area contributed by atoms with Gasteiger partial charge in [0.15, 0.2) is 11.6 Å². The summed E-state index contributed by atoms with van der Waals surface area (Å²) >= 11 is 0. The molecule has 0 aliphatic carbocycles. The Labute approximate surface area is 357 Å². The third-order valence-electron chi connectivity index (χ3n) is 6.41. The van der Waals surface area contributed by atoms with Crippen LogP contribution in [0.4, 0.5) is 11.4 Å². The van der Waals surface area contributed by atoms with Crippen LogP contribution < -0.4 is 56.6 Å². The van der Waals surface area contributed by atoms with Crippen molar-refractivity contribution in [1.29, 1.82) is 0 Å². The normalized spacial score (nSPS) is 10.7. The summed E-state index contributed by atoms with van der Waals surface area (Å²) in [5.74, 6) is -0.291. The molecule has 0 bridgehead atoms. The molecular weight excluding hydrogens is 673 g/mol. The number of ketones is 2. The van der Waals surface area contributed by atoms with Crippen LogP contribution >= 0.6 is 0 Å². The van der Waals surface area contributed by atoms with Crippen LogP contribution in [0.25, 0.3) is 0 Å². The van der Waals surface area contributed by atoms with Crippen molar-refractivity contribution in [2.24, 2.45) is 11.8 Å². The van der Waals surface area contributed by atoms with Crippen LogP contribution in [0.15, 0.2) is 36.8 Å². The van der Waals surface area contributed by atoms with E-state index < -0.39 is 15.8 Å². The maximum atomic E-state index is 11.3. The van der Waals surface area contributed by atoms with E-state index in [-0.39, 0.29) is 138 Å². The Hall–Kier alpha value is -1.85. The minimum atomic E-state index is -0.846. The molecule has 3 aromatic rings. The minimum Gasteiger partial charge on any atom is -0.662 e. The fourth-order valence-electron chi connectivity index (χ4n) is 3.65. The average molecular weight is 713 g/mol. The zero-order valence-electron chi connectivity index (χ0n) is 28.3. The Bertz CT molecular complexity index is 1420. The van der Waals surface area contributed by atoms with Crippen LogP contribution in [-0.4, -0.2) is 104 Å². The van der Waals surface area contributed by atoms with Gasteiger partial charge in [0.1, 0.15) is 5.69 Å². The fraction of sp³-hybridized carbons (Fsp3) is 0.448. The van der Waals surface area contributed by atoms with Gasteiger partial charge in [0.05, 0.1) is 33.6 Å². The number of H-pyrrole nitrogens is 1. The zero-order valence-corrected chi connectivity index (χ0v) is 34.6. The average Bonchev–Trinajstić information content (AvgIpc) is 3.72. The van der Waals surface area contributed by atoms with E-state index in [0.717, 1.165) is 24.9 Å². The molecule has 0 aromatic carbocycles. The number of carbonyl (C=O) groups excluding carboxylic acids is 3. The number of carboxylic acids is 1. The number of Topliss-reactive ketones (excluding diaryl/α,β-unsaturated/α-hetero) is 2. The topological polar surface area (TPSA) is 233 Å². The molecule has 0 fully saturated rings. The molecule has 0 saturated heterocycles. The molecule has 47 heavy (non-hydrogen) atoms. The second kappa shape index (κ2) is 26.1. The van der Waals surface area contributed by atoms with Crippen molar-refractivity contribution in [2.45, 2.75) is 74.4 Å².